The molecule has 0 heterocycles. The lowest BCUT2D eigenvalue weighted by Crippen LogP contribution is -2.40. The van der Waals surface area contributed by atoms with Gasteiger partial charge in [0.15, 0.2) is 0 Å². The molecule has 1 unspecified atom stereocenters. The first-order valence-corrected chi connectivity index (χ1v) is 6.69. The molecule has 1 amide bonds. The molecule has 0 saturated heterocycles. The molecular formula is C13H21ClN2OS. The van der Waals surface area contributed by atoms with E-state index in [0.717, 1.165) is 4.90 Å². The van der Waals surface area contributed by atoms with E-state index in [1.54, 1.807) is 23.7 Å². The van der Waals surface area contributed by atoms with Crippen LogP contribution in [0.4, 0.5) is 0 Å². The third-order valence-corrected chi connectivity index (χ3v) is 4.00. The minimum absolute atomic E-state index is 0. The predicted octanol–water partition coefficient (Wildman–Crippen LogP) is 2.31. The zero-order chi connectivity index (χ0) is 12.8. The number of hydrogen-bond acceptors (Lipinski definition) is 3. The largest absolute Gasteiger partial charge is 0.341 e. The molecule has 0 aliphatic carbocycles. The van der Waals surface area contributed by atoms with Crippen LogP contribution in [0.3, 0.4) is 0 Å². The molecule has 1 rings (SSSR count). The highest BCUT2D eigenvalue weighted by atomic mass is 35.5. The molecule has 1 aromatic rings. The number of amides is 1. The molecule has 102 valence electrons. The number of hydrogen-bond donors (Lipinski definition) is 1. The Bertz CT molecular complexity index is 387. The van der Waals surface area contributed by atoms with Crippen LogP contribution in [-0.4, -0.2) is 36.2 Å². The van der Waals surface area contributed by atoms with Crippen LogP contribution in [0.25, 0.3) is 0 Å². The van der Waals surface area contributed by atoms with E-state index < -0.39 is 0 Å². The Hall–Kier alpha value is -0.710. The van der Waals surface area contributed by atoms with Crippen molar-refractivity contribution in [1.82, 2.24) is 4.90 Å². The summed E-state index contributed by atoms with van der Waals surface area (Å²) in [6, 6.07) is 8.19. The molecule has 0 aromatic heterocycles. The Labute approximate surface area is 120 Å². The normalized spacial score (nSPS) is 11.6. The van der Waals surface area contributed by atoms with Crippen molar-refractivity contribution in [3.05, 3.63) is 29.8 Å². The van der Waals surface area contributed by atoms with E-state index in [1.165, 1.54) is 5.56 Å². The fourth-order valence-corrected chi connectivity index (χ4v) is 2.32. The van der Waals surface area contributed by atoms with Crippen molar-refractivity contribution in [3.63, 3.8) is 0 Å². The third kappa shape index (κ3) is 4.88. The smallest absolute Gasteiger partial charge is 0.232 e. The molecule has 18 heavy (non-hydrogen) atoms. The van der Waals surface area contributed by atoms with Gasteiger partial charge in [0.25, 0.3) is 0 Å². The average molecular weight is 289 g/mol. The number of likely N-dealkylation sites (N-methyl/N-ethyl adjacent to an activating group) is 1. The second-order valence-electron chi connectivity index (χ2n) is 4.14. The maximum atomic E-state index is 11.9. The monoisotopic (exact) mass is 288 g/mol. The van der Waals surface area contributed by atoms with Gasteiger partial charge in [-0.25, -0.2) is 0 Å². The van der Waals surface area contributed by atoms with E-state index in [9.17, 15) is 4.79 Å². The summed E-state index contributed by atoms with van der Waals surface area (Å²) in [5.41, 5.74) is 6.75. The lowest BCUT2D eigenvalue weighted by molar-refractivity contribution is -0.128. The highest BCUT2D eigenvalue weighted by Gasteiger charge is 2.14. The van der Waals surface area contributed by atoms with Gasteiger partial charge >= 0.3 is 0 Å². The fraction of sp³-hybridized carbons (Fsp3) is 0.462. The van der Waals surface area contributed by atoms with Gasteiger partial charge in [0.2, 0.25) is 5.91 Å². The van der Waals surface area contributed by atoms with Crippen LogP contribution < -0.4 is 5.73 Å². The van der Waals surface area contributed by atoms with Crippen LogP contribution in [-0.2, 0) is 4.79 Å². The summed E-state index contributed by atoms with van der Waals surface area (Å²) >= 11 is 1.58. The number of benzene rings is 1. The Balaban J connectivity index is 0.00000289. The van der Waals surface area contributed by atoms with Gasteiger partial charge in [-0.05, 0) is 25.5 Å². The first-order chi connectivity index (χ1) is 8.06. The molecule has 1 atom stereocenters. The molecule has 0 spiro atoms. The molecule has 3 nitrogen and oxygen atoms in total. The topological polar surface area (TPSA) is 46.3 Å². The van der Waals surface area contributed by atoms with E-state index >= 15 is 0 Å². The van der Waals surface area contributed by atoms with Crippen molar-refractivity contribution in [2.24, 2.45) is 5.73 Å². The molecule has 0 saturated carbocycles. The van der Waals surface area contributed by atoms with Crippen LogP contribution in [0.5, 0.6) is 0 Å². The van der Waals surface area contributed by atoms with Crippen LogP contribution in [0, 0.1) is 6.92 Å². The van der Waals surface area contributed by atoms with E-state index in [-0.39, 0.29) is 24.4 Å². The van der Waals surface area contributed by atoms with Gasteiger partial charge in [0, 0.05) is 24.5 Å². The summed E-state index contributed by atoms with van der Waals surface area (Å²) in [7, 11) is 1.80. The minimum Gasteiger partial charge on any atom is -0.341 e. The van der Waals surface area contributed by atoms with Crippen molar-refractivity contribution >= 4 is 30.1 Å². The molecule has 0 radical (unpaired) electrons. The van der Waals surface area contributed by atoms with Crippen molar-refractivity contribution in [1.29, 1.82) is 0 Å². The summed E-state index contributed by atoms with van der Waals surface area (Å²) < 4.78 is 0. The maximum Gasteiger partial charge on any atom is 0.232 e. The van der Waals surface area contributed by atoms with E-state index in [2.05, 4.69) is 13.0 Å². The first kappa shape index (κ1) is 17.3. The predicted molar refractivity (Wildman–Crippen MR) is 80.4 cm³/mol. The molecule has 0 bridgehead atoms. The number of nitrogens with zero attached hydrogens (tertiary/aromatic N) is 1. The first-order valence-electron chi connectivity index (χ1n) is 5.70. The standard InChI is InChI=1S/C13H20N2OS.ClH/c1-10-6-4-5-7-12(10)17-9-13(16)15(3)11(2)8-14;/h4-7,11H,8-9,14H2,1-3H3;1H. The summed E-state index contributed by atoms with van der Waals surface area (Å²) in [6.45, 7) is 4.51. The quantitative estimate of drug-likeness (QED) is 0.846. The molecule has 2 N–H and O–H groups in total. The molecule has 0 aliphatic rings. The van der Waals surface area contributed by atoms with Crippen molar-refractivity contribution in [2.75, 3.05) is 19.3 Å². The fourth-order valence-electron chi connectivity index (χ4n) is 1.36. The van der Waals surface area contributed by atoms with Gasteiger partial charge in [0.1, 0.15) is 0 Å². The Morgan fingerprint density at radius 3 is 2.61 bits per heavy atom. The van der Waals surface area contributed by atoms with Crippen molar-refractivity contribution < 1.29 is 4.79 Å². The zero-order valence-electron chi connectivity index (χ0n) is 11.1. The second kappa shape index (κ2) is 8.40. The van der Waals surface area contributed by atoms with Crippen LogP contribution in [0.1, 0.15) is 12.5 Å². The highest BCUT2D eigenvalue weighted by Crippen LogP contribution is 2.22. The van der Waals surface area contributed by atoms with Gasteiger partial charge in [-0.3, -0.25) is 4.79 Å². The summed E-state index contributed by atoms with van der Waals surface area (Å²) in [4.78, 5) is 14.8. The SMILES string of the molecule is Cc1ccccc1SCC(=O)N(C)C(C)CN.Cl. The average Bonchev–Trinajstić information content (AvgIpc) is 2.35. The van der Waals surface area contributed by atoms with Gasteiger partial charge in [-0.15, -0.1) is 24.2 Å². The maximum absolute atomic E-state index is 11.9. The number of carbonyl (C=O) groups excluding carboxylic acids is 1. The van der Waals surface area contributed by atoms with Crippen LogP contribution in [0.15, 0.2) is 29.2 Å². The summed E-state index contributed by atoms with van der Waals surface area (Å²) in [5.74, 6) is 0.585. The van der Waals surface area contributed by atoms with Crippen LogP contribution >= 0.6 is 24.2 Å². The highest BCUT2D eigenvalue weighted by molar-refractivity contribution is 8.00. The lowest BCUT2D eigenvalue weighted by Gasteiger charge is -2.23. The molecular weight excluding hydrogens is 268 g/mol. The number of rotatable bonds is 5. The summed E-state index contributed by atoms with van der Waals surface area (Å²) in [6.07, 6.45) is 0. The summed E-state index contributed by atoms with van der Waals surface area (Å²) in [5, 5.41) is 0. The van der Waals surface area contributed by atoms with Gasteiger partial charge in [-0.2, -0.15) is 0 Å². The Kier molecular flexibility index (Phi) is 8.07. The number of thioether (sulfide) groups is 1. The van der Waals surface area contributed by atoms with Crippen molar-refractivity contribution in [2.45, 2.75) is 24.8 Å². The molecule has 0 aliphatic heterocycles. The molecule has 1 aromatic carbocycles. The molecule has 5 heteroatoms. The van der Waals surface area contributed by atoms with Crippen LogP contribution in [0.2, 0.25) is 0 Å². The van der Waals surface area contributed by atoms with Gasteiger partial charge < -0.3 is 10.6 Å². The van der Waals surface area contributed by atoms with E-state index in [4.69, 9.17) is 5.73 Å². The number of halogens is 1. The third-order valence-electron chi connectivity index (χ3n) is 2.84. The Morgan fingerprint density at radius 2 is 2.06 bits per heavy atom. The zero-order valence-corrected chi connectivity index (χ0v) is 12.7. The van der Waals surface area contributed by atoms with E-state index in [0.29, 0.717) is 12.3 Å². The van der Waals surface area contributed by atoms with Gasteiger partial charge in [-0.1, -0.05) is 18.2 Å². The number of aryl methyl sites for hydroxylation is 1. The van der Waals surface area contributed by atoms with Gasteiger partial charge in [0.05, 0.1) is 5.75 Å². The number of nitrogens with two attached hydrogens (primary N) is 1. The van der Waals surface area contributed by atoms with Crippen molar-refractivity contribution in [3.8, 4) is 0 Å². The second-order valence-corrected chi connectivity index (χ2v) is 5.16. The van der Waals surface area contributed by atoms with E-state index in [1.807, 2.05) is 25.1 Å². The minimum atomic E-state index is 0. The number of carbonyl (C=O) groups is 1. The molecule has 0 fully saturated rings. The lowest BCUT2D eigenvalue weighted by atomic mass is 10.2. The Morgan fingerprint density at radius 1 is 1.44 bits per heavy atom.